The number of hydrogen-bond acceptors (Lipinski definition) is 5. The number of hydrogen-bond donors (Lipinski definition) is 2. The molecule has 8 heteroatoms. The van der Waals surface area contributed by atoms with Gasteiger partial charge in [-0.05, 0) is 30.5 Å². The number of amides is 1. The fourth-order valence-electron chi connectivity index (χ4n) is 1.87. The summed E-state index contributed by atoms with van der Waals surface area (Å²) in [6.07, 6.45) is 0. The molecule has 1 aromatic rings. The van der Waals surface area contributed by atoms with Crippen molar-refractivity contribution in [3.8, 4) is 5.75 Å². The van der Waals surface area contributed by atoms with Gasteiger partial charge in [0, 0.05) is 19.8 Å². The van der Waals surface area contributed by atoms with Crippen molar-refractivity contribution in [3.63, 3.8) is 0 Å². The van der Waals surface area contributed by atoms with Crippen LogP contribution < -0.4 is 15.8 Å². The molecule has 0 spiro atoms. The van der Waals surface area contributed by atoms with Crippen molar-refractivity contribution in [1.29, 1.82) is 0 Å². The van der Waals surface area contributed by atoms with Crippen molar-refractivity contribution in [2.75, 3.05) is 26.0 Å². The molecule has 0 saturated heterocycles. The van der Waals surface area contributed by atoms with Gasteiger partial charge in [0.2, 0.25) is 15.9 Å². The van der Waals surface area contributed by atoms with E-state index in [1.165, 1.54) is 26.2 Å². The zero-order chi connectivity index (χ0) is 18.7. The summed E-state index contributed by atoms with van der Waals surface area (Å²) >= 11 is 0. The second-order valence-corrected chi connectivity index (χ2v) is 8.84. The van der Waals surface area contributed by atoms with Gasteiger partial charge in [0.25, 0.3) is 0 Å². The third kappa shape index (κ3) is 4.68. The summed E-state index contributed by atoms with van der Waals surface area (Å²) in [7, 11) is -0.838. The van der Waals surface area contributed by atoms with Crippen molar-refractivity contribution in [2.45, 2.75) is 38.6 Å². The Morgan fingerprint density at radius 3 is 2.38 bits per heavy atom. The summed E-state index contributed by atoms with van der Waals surface area (Å²) in [6, 6.07) is 3.77. The number of sulfonamides is 1. The first kappa shape index (κ1) is 20.4. The average Bonchev–Trinajstić information content (AvgIpc) is 2.46. The minimum absolute atomic E-state index is 0.00326. The van der Waals surface area contributed by atoms with Crippen LogP contribution in [0.15, 0.2) is 23.1 Å². The lowest BCUT2D eigenvalue weighted by Crippen LogP contribution is -2.45. The SMILES string of the molecule is CCOc1ccc(NC(=O)[C@@H](N)C(C)(C)C)cc1S(=O)(=O)N(C)C. The van der Waals surface area contributed by atoms with Gasteiger partial charge in [-0.2, -0.15) is 0 Å². The standard InChI is InChI=1S/C16H27N3O4S/c1-7-23-12-9-8-11(10-13(12)24(21,22)19(5)6)18-15(20)14(17)16(2,3)4/h8-10,14H,7,17H2,1-6H3,(H,18,20)/t14-/m1/s1. The first-order valence-corrected chi connectivity index (χ1v) is 9.11. The van der Waals surface area contributed by atoms with Crippen LogP contribution in [0.3, 0.4) is 0 Å². The van der Waals surface area contributed by atoms with Crippen molar-refractivity contribution in [3.05, 3.63) is 18.2 Å². The van der Waals surface area contributed by atoms with Crippen LogP contribution in [0.25, 0.3) is 0 Å². The van der Waals surface area contributed by atoms with Crippen molar-refractivity contribution in [1.82, 2.24) is 4.31 Å². The number of rotatable bonds is 6. The predicted octanol–water partition coefficient (Wildman–Crippen LogP) is 1.65. The fraction of sp³-hybridized carbons (Fsp3) is 0.562. The molecular formula is C16H27N3O4S. The lowest BCUT2D eigenvalue weighted by atomic mass is 9.87. The number of carbonyl (C=O) groups is 1. The third-order valence-corrected chi connectivity index (χ3v) is 5.32. The topological polar surface area (TPSA) is 102 Å². The highest BCUT2D eigenvalue weighted by atomic mass is 32.2. The number of nitrogens with one attached hydrogen (secondary N) is 1. The molecule has 0 fully saturated rings. The largest absolute Gasteiger partial charge is 0.492 e. The minimum Gasteiger partial charge on any atom is -0.492 e. The number of benzene rings is 1. The maximum atomic E-state index is 12.5. The fourth-order valence-corrected chi connectivity index (χ4v) is 2.92. The zero-order valence-electron chi connectivity index (χ0n) is 15.1. The molecule has 0 saturated carbocycles. The predicted molar refractivity (Wildman–Crippen MR) is 94.5 cm³/mol. The van der Waals surface area contributed by atoms with E-state index in [4.69, 9.17) is 10.5 Å². The minimum atomic E-state index is -3.71. The summed E-state index contributed by atoms with van der Waals surface area (Å²) in [4.78, 5) is 12.2. The van der Waals surface area contributed by atoms with Crippen LogP contribution in [0.4, 0.5) is 5.69 Å². The van der Waals surface area contributed by atoms with Crippen molar-refractivity contribution < 1.29 is 17.9 Å². The zero-order valence-corrected chi connectivity index (χ0v) is 15.9. The van der Waals surface area contributed by atoms with Crippen LogP contribution in [0.2, 0.25) is 0 Å². The van der Waals surface area contributed by atoms with Crippen LogP contribution in [-0.4, -0.2) is 45.4 Å². The molecule has 0 unspecified atom stereocenters. The van der Waals surface area contributed by atoms with E-state index in [2.05, 4.69) is 5.32 Å². The van der Waals surface area contributed by atoms with Crippen LogP contribution in [-0.2, 0) is 14.8 Å². The Hall–Kier alpha value is -1.64. The molecule has 1 atom stereocenters. The van der Waals surface area contributed by atoms with Gasteiger partial charge in [-0.25, -0.2) is 12.7 Å². The van der Waals surface area contributed by atoms with Gasteiger partial charge >= 0.3 is 0 Å². The van der Waals surface area contributed by atoms with Gasteiger partial charge in [-0.1, -0.05) is 20.8 Å². The van der Waals surface area contributed by atoms with E-state index < -0.39 is 21.5 Å². The van der Waals surface area contributed by atoms with E-state index in [9.17, 15) is 13.2 Å². The van der Waals surface area contributed by atoms with E-state index >= 15 is 0 Å². The Morgan fingerprint density at radius 2 is 1.92 bits per heavy atom. The summed E-state index contributed by atoms with van der Waals surface area (Å²) in [5, 5.41) is 2.67. The highest BCUT2D eigenvalue weighted by Crippen LogP contribution is 2.29. The molecule has 136 valence electrons. The molecule has 1 rings (SSSR count). The van der Waals surface area contributed by atoms with E-state index in [1.54, 1.807) is 13.0 Å². The number of ether oxygens (including phenoxy) is 1. The molecule has 1 aromatic carbocycles. The second kappa shape index (κ2) is 7.50. The molecule has 3 N–H and O–H groups in total. The molecule has 0 bridgehead atoms. The molecule has 1 amide bonds. The molecule has 0 heterocycles. The Kier molecular flexibility index (Phi) is 6.38. The smallest absolute Gasteiger partial charge is 0.246 e. The monoisotopic (exact) mass is 357 g/mol. The summed E-state index contributed by atoms with van der Waals surface area (Å²) in [5.41, 5.74) is 5.87. The van der Waals surface area contributed by atoms with E-state index in [0.29, 0.717) is 12.3 Å². The van der Waals surface area contributed by atoms with Gasteiger partial charge in [0.05, 0.1) is 12.6 Å². The average molecular weight is 357 g/mol. The highest BCUT2D eigenvalue weighted by Gasteiger charge is 2.28. The van der Waals surface area contributed by atoms with Crippen LogP contribution in [0.1, 0.15) is 27.7 Å². The molecule has 0 radical (unpaired) electrons. The molecule has 0 aliphatic rings. The molecule has 24 heavy (non-hydrogen) atoms. The van der Waals surface area contributed by atoms with Gasteiger partial charge in [-0.3, -0.25) is 4.79 Å². The first-order valence-electron chi connectivity index (χ1n) is 7.67. The maximum Gasteiger partial charge on any atom is 0.246 e. The molecule has 0 aliphatic heterocycles. The third-order valence-electron chi connectivity index (χ3n) is 3.49. The normalized spacial score (nSPS) is 13.7. The molecule has 7 nitrogen and oxygen atoms in total. The summed E-state index contributed by atoms with van der Waals surface area (Å²) < 4.78 is 31.4. The van der Waals surface area contributed by atoms with E-state index in [1.807, 2.05) is 20.8 Å². The number of anilines is 1. The number of nitrogens with zero attached hydrogens (tertiary/aromatic N) is 1. The second-order valence-electron chi connectivity index (χ2n) is 6.71. The number of nitrogens with two attached hydrogens (primary N) is 1. The lowest BCUT2D eigenvalue weighted by Gasteiger charge is -2.26. The van der Waals surface area contributed by atoms with Crippen LogP contribution in [0, 0.1) is 5.41 Å². The van der Waals surface area contributed by atoms with Gasteiger partial charge in [0.15, 0.2) is 0 Å². The summed E-state index contributed by atoms with van der Waals surface area (Å²) in [5.74, 6) is -0.135. The Morgan fingerprint density at radius 1 is 1.33 bits per heavy atom. The highest BCUT2D eigenvalue weighted by molar-refractivity contribution is 7.89. The van der Waals surface area contributed by atoms with Gasteiger partial charge in [-0.15, -0.1) is 0 Å². The first-order chi connectivity index (χ1) is 10.9. The van der Waals surface area contributed by atoms with Crippen molar-refractivity contribution in [2.24, 2.45) is 11.1 Å². The van der Waals surface area contributed by atoms with E-state index in [0.717, 1.165) is 4.31 Å². The molecular weight excluding hydrogens is 330 g/mol. The summed E-state index contributed by atoms with van der Waals surface area (Å²) in [6.45, 7) is 7.67. The van der Waals surface area contributed by atoms with E-state index in [-0.39, 0.29) is 16.6 Å². The van der Waals surface area contributed by atoms with Gasteiger partial charge < -0.3 is 15.8 Å². The van der Waals surface area contributed by atoms with Crippen LogP contribution >= 0.6 is 0 Å². The number of carbonyl (C=O) groups excluding carboxylic acids is 1. The van der Waals surface area contributed by atoms with Crippen molar-refractivity contribution >= 4 is 21.6 Å². The Labute approximate surface area is 144 Å². The molecule has 0 aromatic heterocycles. The van der Waals surface area contributed by atoms with Crippen LogP contribution in [0.5, 0.6) is 5.75 Å². The molecule has 0 aliphatic carbocycles. The Balaban J connectivity index is 3.23. The van der Waals surface area contributed by atoms with Gasteiger partial charge in [0.1, 0.15) is 10.6 Å². The quantitative estimate of drug-likeness (QED) is 0.806. The Bertz CT molecular complexity index is 694. The lowest BCUT2D eigenvalue weighted by molar-refractivity contribution is -0.119. The maximum absolute atomic E-state index is 12.5.